The second-order valence-electron chi connectivity index (χ2n) is 9.22. The van der Waals surface area contributed by atoms with E-state index in [1.165, 1.54) is 11.1 Å². The molecule has 1 atom stereocenters. The lowest BCUT2D eigenvalue weighted by molar-refractivity contribution is -0.131. The van der Waals surface area contributed by atoms with Crippen LogP contribution < -0.4 is 4.90 Å². The number of hydrogen-bond acceptors (Lipinski definition) is 5. The van der Waals surface area contributed by atoms with Gasteiger partial charge in [0.25, 0.3) is 0 Å². The van der Waals surface area contributed by atoms with Gasteiger partial charge in [-0.3, -0.25) is 4.79 Å². The fourth-order valence-corrected chi connectivity index (χ4v) is 5.68. The van der Waals surface area contributed by atoms with Gasteiger partial charge in [-0.25, -0.2) is 4.68 Å². The Kier molecular flexibility index (Phi) is 6.37. The highest BCUT2D eigenvalue weighted by molar-refractivity contribution is 7.22. The number of hydrogen-bond donors (Lipinski definition) is 0. The van der Waals surface area contributed by atoms with Crippen molar-refractivity contribution in [1.29, 1.82) is 0 Å². The van der Waals surface area contributed by atoms with Crippen molar-refractivity contribution >= 4 is 32.7 Å². The van der Waals surface area contributed by atoms with E-state index in [0.29, 0.717) is 6.42 Å². The number of carbonyl (C=O) groups excluding carboxylic acids is 1. The van der Waals surface area contributed by atoms with Crippen molar-refractivity contribution in [2.24, 2.45) is 0 Å². The van der Waals surface area contributed by atoms with Crippen LogP contribution in [0, 0.1) is 13.8 Å². The molecule has 1 aliphatic heterocycles. The summed E-state index contributed by atoms with van der Waals surface area (Å²) in [6, 6.07) is 18.7. The van der Waals surface area contributed by atoms with Gasteiger partial charge in [0.05, 0.1) is 16.1 Å². The van der Waals surface area contributed by atoms with Crippen LogP contribution in [-0.2, 0) is 4.79 Å². The lowest BCUT2D eigenvalue weighted by Gasteiger charge is -2.23. The second-order valence-corrected chi connectivity index (χ2v) is 10.2. The number of aromatic nitrogens is 3. The number of anilines is 1. The van der Waals surface area contributed by atoms with Crippen molar-refractivity contribution in [2.45, 2.75) is 39.5 Å². The molecule has 0 saturated carbocycles. The van der Waals surface area contributed by atoms with E-state index < -0.39 is 0 Å². The van der Waals surface area contributed by atoms with Gasteiger partial charge in [0, 0.05) is 32.6 Å². The van der Waals surface area contributed by atoms with Crippen molar-refractivity contribution in [3.8, 4) is 5.69 Å². The maximum Gasteiger partial charge on any atom is 0.223 e. The maximum atomic E-state index is 13.0. The lowest BCUT2D eigenvalue weighted by Crippen LogP contribution is -2.35. The maximum absolute atomic E-state index is 13.0. The predicted octanol–water partition coefficient (Wildman–Crippen LogP) is 5.33. The molecule has 1 aliphatic rings. The molecular formula is C27H31N5OS. The fraction of sp³-hybridized carbons (Fsp3) is 0.370. The Hall–Kier alpha value is -3.19. The third kappa shape index (κ3) is 4.57. The normalized spacial score (nSPS) is 15.5. The summed E-state index contributed by atoms with van der Waals surface area (Å²) >= 11 is 1.70. The Morgan fingerprint density at radius 1 is 1.03 bits per heavy atom. The molecule has 176 valence electrons. The van der Waals surface area contributed by atoms with E-state index in [4.69, 9.17) is 10.1 Å². The minimum Gasteiger partial charge on any atom is -0.346 e. The van der Waals surface area contributed by atoms with E-state index in [1.807, 2.05) is 34.7 Å². The summed E-state index contributed by atoms with van der Waals surface area (Å²) in [5.74, 6) is 0.471. The number of carbonyl (C=O) groups is 1. The minimum absolute atomic E-state index is 0.227. The summed E-state index contributed by atoms with van der Waals surface area (Å²) < 4.78 is 3.08. The molecule has 1 saturated heterocycles. The summed E-state index contributed by atoms with van der Waals surface area (Å²) in [6.45, 7) is 9.53. The van der Waals surface area contributed by atoms with Gasteiger partial charge < -0.3 is 9.80 Å². The number of fused-ring (bicyclic) bond motifs is 1. The zero-order chi connectivity index (χ0) is 23.7. The molecule has 0 N–H and O–H groups in total. The van der Waals surface area contributed by atoms with Gasteiger partial charge in [-0.2, -0.15) is 10.1 Å². The first kappa shape index (κ1) is 22.6. The van der Waals surface area contributed by atoms with Gasteiger partial charge >= 0.3 is 0 Å². The standard InChI is InChI=1S/C27H31N5OS/c1-19-9-7-12-23(17-19)32-26-25(21(3)29-32)34-27(28-26)31-14-8-13-30(15-16-31)24(33)18-20(2)22-10-5-4-6-11-22/h4-7,9-12,17,20H,8,13-16,18H2,1-3H3/t20-/m1/s1. The van der Waals surface area contributed by atoms with Crippen LogP contribution in [0.15, 0.2) is 54.6 Å². The van der Waals surface area contributed by atoms with Crippen molar-refractivity contribution in [2.75, 3.05) is 31.1 Å². The van der Waals surface area contributed by atoms with Crippen LogP contribution in [0.5, 0.6) is 0 Å². The molecule has 6 nitrogen and oxygen atoms in total. The summed E-state index contributed by atoms with van der Waals surface area (Å²) in [5.41, 5.74) is 5.38. The first-order valence-electron chi connectivity index (χ1n) is 12.0. The molecule has 4 aromatic rings. The van der Waals surface area contributed by atoms with Crippen LogP contribution in [0.4, 0.5) is 5.13 Å². The number of thiazole rings is 1. The van der Waals surface area contributed by atoms with Crippen molar-refractivity contribution < 1.29 is 4.79 Å². The average Bonchev–Trinajstić information content (AvgIpc) is 3.30. The van der Waals surface area contributed by atoms with E-state index in [1.54, 1.807) is 11.3 Å². The molecule has 0 radical (unpaired) electrons. The molecular weight excluding hydrogens is 442 g/mol. The predicted molar refractivity (Wildman–Crippen MR) is 139 cm³/mol. The monoisotopic (exact) mass is 473 g/mol. The molecule has 7 heteroatoms. The summed E-state index contributed by atoms with van der Waals surface area (Å²) in [4.78, 5) is 22.4. The SMILES string of the molecule is Cc1cccc(-n2nc(C)c3sc(N4CCCN(C(=O)C[C@@H](C)c5ccccc5)CC4)nc32)c1. The summed E-state index contributed by atoms with van der Waals surface area (Å²) in [5, 5.41) is 5.76. The molecule has 2 aromatic carbocycles. The second kappa shape index (κ2) is 9.58. The zero-order valence-electron chi connectivity index (χ0n) is 20.1. The van der Waals surface area contributed by atoms with Crippen LogP contribution >= 0.6 is 11.3 Å². The van der Waals surface area contributed by atoms with Crippen LogP contribution in [0.25, 0.3) is 16.0 Å². The van der Waals surface area contributed by atoms with Gasteiger partial charge in [0.2, 0.25) is 5.91 Å². The Balaban J connectivity index is 1.30. The summed E-state index contributed by atoms with van der Waals surface area (Å²) in [6.07, 6.45) is 1.50. The Morgan fingerprint density at radius 3 is 2.65 bits per heavy atom. The largest absolute Gasteiger partial charge is 0.346 e. The average molecular weight is 474 g/mol. The van der Waals surface area contributed by atoms with Gasteiger partial charge in [-0.1, -0.05) is 60.7 Å². The van der Waals surface area contributed by atoms with Gasteiger partial charge in [-0.05, 0) is 49.4 Å². The highest BCUT2D eigenvalue weighted by Crippen LogP contribution is 2.33. The van der Waals surface area contributed by atoms with Crippen molar-refractivity contribution in [1.82, 2.24) is 19.7 Å². The molecule has 2 aromatic heterocycles. The van der Waals surface area contributed by atoms with Crippen LogP contribution in [0.1, 0.15) is 42.5 Å². The Morgan fingerprint density at radius 2 is 1.85 bits per heavy atom. The molecule has 0 aliphatic carbocycles. The third-order valence-electron chi connectivity index (χ3n) is 6.59. The fourth-order valence-electron chi connectivity index (χ4n) is 4.65. The summed E-state index contributed by atoms with van der Waals surface area (Å²) in [7, 11) is 0. The number of nitrogens with zero attached hydrogens (tertiary/aromatic N) is 5. The molecule has 1 amide bonds. The Bertz CT molecular complexity index is 1300. The van der Waals surface area contributed by atoms with Crippen molar-refractivity contribution in [3.05, 3.63) is 71.4 Å². The molecule has 1 fully saturated rings. The minimum atomic E-state index is 0.227. The van der Waals surface area contributed by atoms with E-state index in [-0.39, 0.29) is 11.8 Å². The number of rotatable bonds is 5. The van der Waals surface area contributed by atoms with Gasteiger partial charge in [0.1, 0.15) is 0 Å². The topological polar surface area (TPSA) is 54.3 Å². The molecule has 0 unspecified atom stereocenters. The first-order valence-corrected chi connectivity index (χ1v) is 12.8. The Labute approximate surface area is 204 Å². The first-order chi connectivity index (χ1) is 16.5. The van der Waals surface area contributed by atoms with E-state index in [9.17, 15) is 4.79 Å². The van der Waals surface area contributed by atoms with E-state index >= 15 is 0 Å². The van der Waals surface area contributed by atoms with Gasteiger partial charge in [0.15, 0.2) is 10.8 Å². The van der Waals surface area contributed by atoms with E-state index in [2.05, 4.69) is 55.1 Å². The van der Waals surface area contributed by atoms with Crippen LogP contribution in [0.3, 0.4) is 0 Å². The highest BCUT2D eigenvalue weighted by atomic mass is 32.1. The lowest BCUT2D eigenvalue weighted by atomic mass is 9.97. The molecule has 3 heterocycles. The molecule has 0 bridgehead atoms. The molecule has 0 spiro atoms. The highest BCUT2D eigenvalue weighted by Gasteiger charge is 2.24. The number of amides is 1. The van der Waals surface area contributed by atoms with Crippen molar-refractivity contribution in [3.63, 3.8) is 0 Å². The molecule has 5 rings (SSSR count). The third-order valence-corrected chi connectivity index (χ3v) is 7.81. The van der Waals surface area contributed by atoms with Crippen LogP contribution in [-0.4, -0.2) is 51.8 Å². The zero-order valence-corrected chi connectivity index (χ0v) is 20.9. The van der Waals surface area contributed by atoms with Crippen LogP contribution in [0.2, 0.25) is 0 Å². The quantitative estimate of drug-likeness (QED) is 0.393. The number of benzene rings is 2. The smallest absolute Gasteiger partial charge is 0.223 e. The van der Waals surface area contributed by atoms with E-state index in [0.717, 1.165) is 59.5 Å². The number of aryl methyl sites for hydroxylation is 2. The van der Waals surface area contributed by atoms with Gasteiger partial charge in [-0.15, -0.1) is 0 Å². The molecule has 34 heavy (non-hydrogen) atoms.